The summed E-state index contributed by atoms with van der Waals surface area (Å²) >= 11 is 0. The van der Waals surface area contributed by atoms with Crippen LogP contribution in [0.1, 0.15) is 62.4 Å². The van der Waals surface area contributed by atoms with Gasteiger partial charge in [-0.3, -0.25) is 0 Å². The molecule has 1 aromatic carbocycles. The lowest BCUT2D eigenvalue weighted by atomic mass is 9.69. The lowest BCUT2D eigenvalue weighted by molar-refractivity contribution is 0.151. The first-order valence-corrected chi connectivity index (χ1v) is 7.30. The normalized spacial score (nSPS) is 19.7. The van der Waals surface area contributed by atoms with E-state index in [0.29, 0.717) is 5.89 Å². The molecule has 0 radical (unpaired) electrons. The van der Waals surface area contributed by atoms with Gasteiger partial charge in [0.2, 0.25) is 0 Å². The zero-order valence-electron chi connectivity index (χ0n) is 11.7. The third-order valence-corrected chi connectivity index (χ3v) is 4.26. The molecule has 1 fully saturated rings. The molecule has 0 amide bonds. The third-order valence-electron chi connectivity index (χ3n) is 4.26. The van der Waals surface area contributed by atoms with Crippen molar-refractivity contribution in [1.29, 1.82) is 0 Å². The Morgan fingerprint density at radius 2 is 1.85 bits per heavy atom. The van der Waals surface area contributed by atoms with Crippen LogP contribution in [-0.2, 0) is 5.41 Å². The Morgan fingerprint density at radius 3 is 2.45 bits per heavy atom. The Hall–Kier alpha value is -1.68. The molecule has 1 unspecified atom stereocenters. The van der Waals surface area contributed by atoms with Crippen LogP contribution in [0, 0.1) is 0 Å². The number of hydrogen-bond acceptors (Lipinski definition) is 4. The molecule has 0 bridgehead atoms. The zero-order valence-corrected chi connectivity index (χ0v) is 11.7. The largest absolute Gasteiger partial charge is 0.384 e. The number of aliphatic hydroxyl groups is 1. The molecule has 20 heavy (non-hydrogen) atoms. The van der Waals surface area contributed by atoms with Crippen molar-refractivity contribution < 1.29 is 9.63 Å². The van der Waals surface area contributed by atoms with Gasteiger partial charge in [0.25, 0.3) is 5.89 Å². The number of hydrogen-bond donors (Lipinski definition) is 1. The van der Waals surface area contributed by atoms with Crippen molar-refractivity contribution in [3.8, 4) is 0 Å². The van der Waals surface area contributed by atoms with E-state index in [9.17, 15) is 5.11 Å². The molecular formula is C16H20N2O2. The van der Waals surface area contributed by atoms with Gasteiger partial charge in [-0.05, 0) is 25.3 Å². The lowest BCUT2D eigenvalue weighted by Crippen LogP contribution is -2.31. The van der Waals surface area contributed by atoms with E-state index in [1.165, 1.54) is 24.8 Å². The molecule has 2 aromatic rings. The molecule has 1 heterocycles. The van der Waals surface area contributed by atoms with Crippen molar-refractivity contribution in [2.75, 3.05) is 0 Å². The summed E-state index contributed by atoms with van der Waals surface area (Å²) in [7, 11) is 0. The Bertz CT molecular complexity index is 557. The summed E-state index contributed by atoms with van der Waals surface area (Å²) in [6, 6.07) is 10.4. The van der Waals surface area contributed by atoms with E-state index in [1.54, 1.807) is 6.92 Å². The van der Waals surface area contributed by atoms with E-state index < -0.39 is 6.10 Å². The van der Waals surface area contributed by atoms with E-state index in [1.807, 2.05) is 6.07 Å². The molecule has 1 saturated carbocycles. The van der Waals surface area contributed by atoms with Crippen LogP contribution in [0.15, 0.2) is 34.9 Å². The van der Waals surface area contributed by atoms with Gasteiger partial charge in [-0.15, -0.1) is 0 Å². The van der Waals surface area contributed by atoms with Crippen molar-refractivity contribution in [2.24, 2.45) is 0 Å². The van der Waals surface area contributed by atoms with Gasteiger partial charge in [0.1, 0.15) is 6.10 Å². The zero-order chi connectivity index (χ0) is 14.0. The molecule has 106 valence electrons. The van der Waals surface area contributed by atoms with Gasteiger partial charge in [-0.1, -0.05) is 54.8 Å². The summed E-state index contributed by atoms with van der Waals surface area (Å²) < 4.78 is 5.21. The third kappa shape index (κ3) is 2.24. The first-order valence-electron chi connectivity index (χ1n) is 7.30. The highest BCUT2D eigenvalue weighted by Gasteiger charge is 2.40. The summed E-state index contributed by atoms with van der Waals surface area (Å²) in [4.78, 5) is 4.45. The monoisotopic (exact) mass is 272 g/mol. The van der Waals surface area contributed by atoms with Gasteiger partial charge in [-0.25, -0.2) is 0 Å². The highest BCUT2D eigenvalue weighted by Crippen LogP contribution is 2.43. The maximum absolute atomic E-state index is 9.59. The van der Waals surface area contributed by atoms with Crippen LogP contribution in [0.2, 0.25) is 0 Å². The van der Waals surface area contributed by atoms with Crippen molar-refractivity contribution in [1.82, 2.24) is 10.1 Å². The van der Waals surface area contributed by atoms with Crippen molar-refractivity contribution in [3.05, 3.63) is 47.6 Å². The number of benzene rings is 1. The number of aromatic nitrogens is 2. The van der Waals surface area contributed by atoms with E-state index >= 15 is 0 Å². The highest BCUT2D eigenvalue weighted by atomic mass is 16.5. The topological polar surface area (TPSA) is 59.2 Å². The molecule has 0 spiro atoms. The second-order valence-corrected chi connectivity index (χ2v) is 5.64. The smallest absolute Gasteiger partial charge is 0.255 e. The number of nitrogens with zero attached hydrogens (tertiary/aromatic N) is 2. The first-order chi connectivity index (χ1) is 9.72. The molecule has 1 atom stereocenters. The van der Waals surface area contributed by atoms with Crippen molar-refractivity contribution in [3.63, 3.8) is 0 Å². The average Bonchev–Trinajstić information content (AvgIpc) is 2.99. The highest BCUT2D eigenvalue weighted by molar-refractivity contribution is 5.33. The van der Waals surface area contributed by atoms with Crippen LogP contribution >= 0.6 is 0 Å². The molecule has 3 rings (SSSR count). The lowest BCUT2D eigenvalue weighted by Gasteiger charge is -2.34. The average molecular weight is 272 g/mol. The maximum Gasteiger partial charge on any atom is 0.255 e. The van der Waals surface area contributed by atoms with Gasteiger partial charge in [0, 0.05) is 0 Å². The predicted octanol–water partition coefficient (Wildman–Crippen LogP) is 3.37. The van der Waals surface area contributed by atoms with Gasteiger partial charge in [0.05, 0.1) is 5.41 Å². The summed E-state index contributed by atoms with van der Waals surface area (Å²) in [5.41, 5.74) is 1.09. The van der Waals surface area contributed by atoms with E-state index in [0.717, 1.165) is 18.7 Å². The molecule has 0 aliphatic heterocycles. The maximum atomic E-state index is 9.59. The van der Waals surface area contributed by atoms with Crippen LogP contribution in [0.4, 0.5) is 0 Å². The Morgan fingerprint density at radius 1 is 1.15 bits per heavy atom. The van der Waals surface area contributed by atoms with Crippen LogP contribution in [0.25, 0.3) is 0 Å². The minimum atomic E-state index is -0.715. The van der Waals surface area contributed by atoms with Gasteiger partial charge >= 0.3 is 0 Å². The molecule has 4 heteroatoms. The predicted molar refractivity (Wildman–Crippen MR) is 75.2 cm³/mol. The molecule has 0 saturated heterocycles. The fourth-order valence-electron chi connectivity index (χ4n) is 3.15. The summed E-state index contributed by atoms with van der Waals surface area (Å²) in [6.45, 7) is 1.65. The van der Waals surface area contributed by atoms with Crippen LogP contribution in [0.5, 0.6) is 0 Å². The fraction of sp³-hybridized carbons (Fsp3) is 0.500. The molecule has 1 aliphatic rings. The van der Waals surface area contributed by atoms with Crippen LogP contribution in [-0.4, -0.2) is 15.2 Å². The van der Waals surface area contributed by atoms with Crippen LogP contribution < -0.4 is 0 Å². The van der Waals surface area contributed by atoms with Crippen molar-refractivity contribution >= 4 is 0 Å². The molecule has 1 aliphatic carbocycles. The molecule has 1 aromatic heterocycles. The van der Waals surface area contributed by atoms with Gasteiger partial charge in [0.15, 0.2) is 5.82 Å². The van der Waals surface area contributed by atoms with E-state index in [2.05, 4.69) is 34.4 Å². The SMILES string of the molecule is CC(O)c1nc(C2(c3ccccc3)CCCCC2)no1. The van der Waals surface area contributed by atoms with E-state index in [-0.39, 0.29) is 5.41 Å². The summed E-state index contributed by atoms with van der Waals surface area (Å²) in [5, 5.41) is 13.8. The first kappa shape index (κ1) is 13.3. The Kier molecular flexibility index (Phi) is 3.57. The number of rotatable bonds is 3. The molecule has 4 nitrogen and oxygen atoms in total. The van der Waals surface area contributed by atoms with Crippen LogP contribution in [0.3, 0.4) is 0 Å². The van der Waals surface area contributed by atoms with E-state index in [4.69, 9.17) is 4.52 Å². The Balaban J connectivity index is 2.05. The molecular weight excluding hydrogens is 252 g/mol. The second-order valence-electron chi connectivity index (χ2n) is 5.64. The second kappa shape index (κ2) is 5.37. The minimum absolute atomic E-state index is 0.157. The summed E-state index contributed by atoms with van der Waals surface area (Å²) in [6.07, 6.45) is 4.97. The quantitative estimate of drug-likeness (QED) is 0.930. The standard InChI is InChI=1S/C16H20N2O2/c1-12(19)14-17-15(18-20-14)16(10-6-3-7-11-16)13-8-4-2-5-9-13/h2,4-5,8-9,12,19H,3,6-7,10-11H2,1H3. The van der Waals surface area contributed by atoms with Gasteiger partial charge < -0.3 is 9.63 Å². The molecule has 1 N–H and O–H groups in total. The van der Waals surface area contributed by atoms with Crippen molar-refractivity contribution in [2.45, 2.75) is 50.5 Å². The summed E-state index contributed by atoms with van der Waals surface area (Å²) in [5.74, 6) is 1.03. The minimum Gasteiger partial charge on any atom is -0.384 e. The Labute approximate surface area is 118 Å². The fourth-order valence-corrected chi connectivity index (χ4v) is 3.15. The number of aliphatic hydroxyl groups excluding tert-OH is 1. The van der Waals surface area contributed by atoms with Gasteiger partial charge in [-0.2, -0.15) is 4.98 Å².